The molecule has 3 aliphatic rings. The van der Waals surface area contributed by atoms with Crippen LogP contribution < -0.4 is 26.0 Å². The molecule has 0 radical (unpaired) electrons. The second kappa shape index (κ2) is 5.54. The monoisotopic (exact) mass is 371 g/mol. The normalized spacial score (nSPS) is 14.8. The summed E-state index contributed by atoms with van der Waals surface area (Å²) >= 11 is 0. The standard InChI is InChI=1S/C26H18BNO/c1-2-8-18(9-3-1)28-22-12-6-4-10-20(22)27-21-11-5-7-13-24(21)29-26-19-15-14-17(19)16-23(28)25(26)27/h1-13,16H,14-15H2. The van der Waals surface area contributed by atoms with E-state index in [0.717, 1.165) is 24.3 Å². The summed E-state index contributed by atoms with van der Waals surface area (Å²) in [7, 11) is 0. The van der Waals surface area contributed by atoms with E-state index < -0.39 is 0 Å². The SMILES string of the molecule is c1ccc(N2c3ccccc3B3c4ccccc4Oc4c5c(cc2c43)CC5)cc1. The van der Waals surface area contributed by atoms with E-state index in [0.29, 0.717) is 0 Å². The molecule has 3 heteroatoms. The molecular formula is C26H18BNO. The Kier molecular flexibility index (Phi) is 2.96. The summed E-state index contributed by atoms with van der Waals surface area (Å²) in [6, 6.07) is 30.5. The quantitative estimate of drug-likeness (QED) is 0.402. The van der Waals surface area contributed by atoms with Gasteiger partial charge in [-0.05, 0) is 70.7 Å². The van der Waals surface area contributed by atoms with Crippen LogP contribution in [0.4, 0.5) is 17.1 Å². The Bertz CT molecular complexity index is 1300. The number of ether oxygens (including phenoxy) is 1. The number of fused-ring (bicyclic) bond motifs is 6. The van der Waals surface area contributed by atoms with Crippen molar-refractivity contribution in [3.63, 3.8) is 0 Å². The smallest absolute Gasteiger partial charge is 0.256 e. The van der Waals surface area contributed by atoms with Crippen LogP contribution in [-0.2, 0) is 12.8 Å². The van der Waals surface area contributed by atoms with Crippen molar-refractivity contribution in [3.05, 3.63) is 96.1 Å². The van der Waals surface area contributed by atoms with E-state index in [1.807, 2.05) is 0 Å². The van der Waals surface area contributed by atoms with Gasteiger partial charge in [0.25, 0.3) is 6.71 Å². The molecule has 0 fully saturated rings. The first-order chi connectivity index (χ1) is 14.4. The second-order valence-corrected chi connectivity index (χ2v) is 8.08. The van der Waals surface area contributed by atoms with Crippen LogP contribution in [-0.4, -0.2) is 6.71 Å². The average Bonchev–Trinajstić information content (AvgIpc) is 2.76. The van der Waals surface area contributed by atoms with Gasteiger partial charge in [0.2, 0.25) is 0 Å². The first-order valence-corrected chi connectivity index (χ1v) is 10.3. The van der Waals surface area contributed by atoms with Crippen LogP contribution in [0.15, 0.2) is 84.9 Å². The summed E-state index contributed by atoms with van der Waals surface area (Å²) in [6.45, 7) is 0.215. The molecule has 29 heavy (non-hydrogen) atoms. The Labute approximate surface area is 170 Å². The topological polar surface area (TPSA) is 12.5 Å². The molecule has 1 aliphatic carbocycles. The zero-order valence-electron chi connectivity index (χ0n) is 15.9. The number of benzene rings is 4. The lowest BCUT2D eigenvalue weighted by atomic mass is 9.34. The minimum absolute atomic E-state index is 0.215. The summed E-state index contributed by atoms with van der Waals surface area (Å²) in [4.78, 5) is 2.42. The molecule has 2 nitrogen and oxygen atoms in total. The molecule has 0 N–H and O–H groups in total. The number of para-hydroxylation sites is 3. The fraction of sp³-hybridized carbons (Fsp3) is 0.0769. The van der Waals surface area contributed by atoms with Crippen LogP contribution in [0.1, 0.15) is 11.1 Å². The van der Waals surface area contributed by atoms with E-state index in [9.17, 15) is 0 Å². The van der Waals surface area contributed by atoms with Crippen LogP contribution in [0.2, 0.25) is 0 Å². The first kappa shape index (κ1) is 15.5. The molecule has 0 amide bonds. The summed E-state index contributed by atoms with van der Waals surface area (Å²) in [5, 5.41) is 0. The molecule has 0 unspecified atom stereocenters. The van der Waals surface area contributed by atoms with E-state index in [2.05, 4.69) is 89.8 Å². The van der Waals surface area contributed by atoms with Crippen molar-refractivity contribution in [2.45, 2.75) is 12.8 Å². The van der Waals surface area contributed by atoms with Crippen LogP contribution in [0.3, 0.4) is 0 Å². The number of aryl methyl sites for hydroxylation is 1. The van der Waals surface area contributed by atoms with E-state index in [1.165, 1.54) is 44.6 Å². The van der Waals surface area contributed by atoms with Gasteiger partial charge in [0.05, 0.1) is 0 Å². The Morgan fingerprint density at radius 1 is 0.724 bits per heavy atom. The van der Waals surface area contributed by atoms with Crippen LogP contribution in [0, 0.1) is 0 Å². The molecule has 0 spiro atoms. The molecule has 4 aromatic rings. The van der Waals surface area contributed by atoms with Crippen molar-refractivity contribution in [3.8, 4) is 11.5 Å². The maximum absolute atomic E-state index is 6.56. The minimum atomic E-state index is 0.215. The molecule has 0 saturated heterocycles. The summed E-state index contributed by atoms with van der Waals surface area (Å²) < 4.78 is 6.56. The fourth-order valence-corrected chi connectivity index (χ4v) is 5.24. The van der Waals surface area contributed by atoms with Gasteiger partial charge in [-0.1, -0.05) is 54.6 Å². The van der Waals surface area contributed by atoms with Gasteiger partial charge >= 0.3 is 0 Å². The van der Waals surface area contributed by atoms with Crippen molar-refractivity contribution in [1.29, 1.82) is 0 Å². The largest absolute Gasteiger partial charge is 0.458 e. The van der Waals surface area contributed by atoms with Gasteiger partial charge < -0.3 is 9.64 Å². The number of nitrogens with zero attached hydrogens (tertiary/aromatic N) is 1. The second-order valence-electron chi connectivity index (χ2n) is 8.08. The lowest BCUT2D eigenvalue weighted by Gasteiger charge is -2.42. The molecular weight excluding hydrogens is 353 g/mol. The number of hydrogen-bond acceptors (Lipinski definition) is 2. The molecule has 4 aromatic carbocycles. The Morgan fingerprint density at radius 3 is 2.31 bits per heavy atom. The van der Waals surface area contributed by atoms with Crippen molar-refractivity contribution < 1.29 is 4.74 Å². The van der Waals surface area contributed by atoms with Crippen molar-refractivity contribution in [2.75, 3.05) is 4.90 Å². The Hall–Kier alpha value is -3.46. The third-order valence-corrected chi connectivity index (χ3v) is 6.61. The van der Waals surface area contributed by atoms with Crippen LogP contribution >= 0.6 is 0 Å². The zero-order valence-corrected chi connectivity index (χ0v) is 15.9. The molecule has 136 valence electrons. The maximum Gasteiger partial charge on any atom is 0.256 e. The van der Waals surface area contributed by atoms with E-state index in [1.54, 1.807) is 0 Å². The predicted octanol–water partition coefficient (Wildman–Crippen LogP) is 4.19. The molecule has 2 aliphatic heterocycles. The molecule has 0 bridgehead atoms. The van der Waals surface area contributed by atoms with Gasteiger partial charge in [0, 0.05) is 17.1 Å². The molecule has 0 aromatic heterocycles. The number of rotatable bonds is 1. The fourth-order valence-electron chi connectivity index (χ4n) is 5.24. The summed E-state index contributed by atoms with van der Waals surface area (Å²) in [6.07, 6.45) is 2.25. The van der Waals surface area contributed by atoms with Gasteiger partial charge in [-0.15, -0.1) is 0 Å². The lowest BCUT2D eigenvalue weighted by Crippen LogP contribution is -2.60. The number of anilines is 3. The maximum atomic E-state index is 6.56. The Morgan fingerprint density at radius 2 is 1.48 bits per heavy atom. The molecule has 2 heterocycles. The van der Waals surface area contributed by atoms with E-state index >= 15 is 0 Å². The van der Waals surface area contributed by atoms with Crippen LogP contribution in [0.25, 0.3) is 0 Å². The highest BCUT2D eigenvalue weighted by Gasteiger charge is 2.43. The van der Waals surface area contributed by atoms with Gasteiger partial charge in [0.1, 0.15) is 11.5 Å². The van der Waals surface area contributed by atoms with E-state index in [-0.39, 0.29) is 6.71 Å². The van der Waals surface area contributed by atoms with Crippen molar-refractivity contribution in [1.82, 2.24) is 0 Å². The number of hydrogen-bond donors (Lipinski definition) is 0. The Balaban J connectivity index is 1.61. The van der Waals surface area contributed by atoms with Gasteiger partial charge in [-0.25, -0.2) is 0 Å². The predicted molar refractivity (Wildman–Crippen MR) is 120 cm³/mol. The van der Waals surface area contributed by atoms with Gasteiger partial charge in [-0.2, -0.15) is 0 Å². The van der Waals surface area contributed by atoms with Gasteiger partial charge in [-0.3, -0.25) is 0 Å². The van der Waals surface area contributed by atoms with Crippen molar-refractivity contribution >= 4 is 40.2 Å². The third kappa shape index (κ3) is 1.97. The van der Waals surface area contributed by atoms with Crippen LogP contribution in [0.5, 0.6) is 11.5 Å². The molecule has 7 rings (SSSR count). The minimum Gasteiger partial charge on any atom is -0.458 e. The lowest BCUT2D eigenvalue weighted by molar-refractivity contribution is 0.475. The third-order valence-electron chi connectivity index (χ3n) is 6.61. The highest BCUT2D eigenvalue weighted by Crippen LogP contribution is 2.45. The highest BCUT2D eigenvalue weighted by atomic mass is 16.5. The first-order valence-electron chi connectivity index (χ1n) is 10.3. The van der Waals surface area contributed by atoms with E-state index in [4.69, 9.17) is 4.74 Å². The average molecular weight is 371 g/mol. The molecule has 0 atom stereocenters. The summed E-state index contributed by atoms with van der Waals surface area (Å²) in [5.74, 6) is 2.10. The molecule has 0 saturated carbocycles. The zero-order chi connectivity index (χ0) is 18.9. The van der Waals surface area contributed by atoms with Gasteiger partial charge in [0.15, 0.2) is 0 Å². The summed E-state index contributed by atoms with van der Waals surface area (Å²) in [5.41, 5.74) is 10.5. The van der Waals surface area contributed by atoms with Crippen molar-refractivity contribution in [2.24, 2.45) is 0 Å². The highest BCUT2D eigenvalue weighted by molar-refractivity contribution is 6.99.